The summed E-state index contributed by atoms with van der Waals surface area (Å²) in [4.78, 5) is 30.0. The van der Waals surface area contributed by atoms with Crippen LogP contribution < -0.4 is 10.9 Å². The Labute approximate surface area is 148 Å². The summed E-state index contributed by atoms with van der Waals surface area (Å²) in [5.74, 6) is 0.763. The molecule has 2 aromatic rings. The number of amides is 1. The van der Waals surface area contributed by atoms with Gasteiger partial charge in [0.05, 0.1) is 10.9 Å². The minimum absolute atomic E-state index is 0.0221. The Balaban J connectivity index is 1.98. The van der Waals surface area contributed by atoms with Crippen molar-refractivity contribution in [1.29, 1.82) is 0 Å². The Bertz CT molecular complexity index is 822. The van der Waals surface area contributed by atoms with E-state index < -0.39 is 0 Å². The number of hydrogen-bond acceptors (Lipinski definition) is 3. The van der Waals surface area contributed by atoms with Crippen LogP contribution in [-0.4, -0.2) is 21.5 Å². The van der Waals surface area contributed by atoms with E-state index in [1.54, 1.807) is 18.2 Å². The highest BCUT2D eigenvalue weighted by Crippen LogP contribution is 2.16. The van der Waals surface area contributed by atoms with Crippen LogP contribution in [0.2, 0.25) is 0 Å². The molecule has 0 aliphatic carbocycles. The molecular formula is C20H27N3O2. The Morgan fingerprint density at radius 2 is 1.96 bits per heavy atom. The van der Waals surface area contributed by atoms with Crippen molar-refractivity contribution in [2.75, 3.05) is 0 Å². The van der Waals surface area contributed by atoms with Gasteiger partial charge in [-0.25, -0.2) is 4.98 Å². The van der Waals surface area contributed by atoms with Crippen molar-refractivity contribution in [3.63, 3.8) is 0 Å². The Hall–Kier alpha value is -2.17. The zero-order valence-electron chi connectivity index (χ0n) is 15.2. The van der Waals surface area contributed by atoms with E-state index in [1.807, 2.05) is 4.57 Å². The van der Waals surface area contributed by atoms with E-state index in [-0.39, 0.29) is 17.5 Å². The molecule has 0 fully saturated rings. The maximum atomic E-state index is 12.8. The minimum atomic E-state index is -0.0933. The molecule has 5 nitrogen and oxygen atoms in total. The molecular weight excluding hydrogens is 314 g/mol. The molecule has 1 aromatic carbocycles. The van der Waals surface area contributed by atoms with Crippen molar-refractivity contribution >= 4 is 16.8 Å². The number of carbonyl (C=O) groups excluding carboxylic acids is 1. The highest BCUT2D eigenvalue weighted by Gasteiger charge is 2.16. The van der Waals surface area contributed by atoms with Crippen LogP contribution in [-0.2, 0) is 13.0 Å². The van der Waals surface area contributed by atoms with E-state index in [2.05, 4.69) is 19.2 Å². The molecule has 1 aliphatic heterocycles. The average molecular weight is 341 g/mol. The van der Waals surface area contributed by atoms with Crippen molar-refractivity contribution in [3.8, 4) is 0 Å². The lowest BCUT2D eigenvalue weighted by Gasteiger charge is -2.17. The highest BCUT2D eigenvalue weighted by molar-refractivity contribution is 5.97. The van der Waals surface area contributed by atoms with Gasteiger partial charge < -0.3 is 5.32 Å². The van der Waals surface area contributed by atoms with Gasteiger partial charge in [0.15, 0.2) is 0 Å². The number of hydrogen-bond donors (Lipinski definition) is 1. The third-order valence-corrected chi connectivity index (χ3v) is 5.15. The molecule has 1 aromatic heterocycles. The number of carbonyl (C=O) groups is 1. The number of nitrogens with zero attached hydrogens (tertiary/aromatic N) is 2. The third-order valence-electron chi connectivity index (χ3n) is 5.15. The number of fused-ring (bicyclic) bond motifs is 2. The van der Waals surface area contributed by atoms with Crippen LogP contribution in [0.5, 0.6) is 0 Å². The van der Waals surface area contributed by atoms with Crippen molar-refractivity contribution in [2.45, 2.75) is 71.4 Å². The van der Waals surface area contributed by atoms with Crippen molar-refractivity contribution in [2.24, 2.45) is 0 Å². The first kappa shape index (κ1) is 17.6. The summed E-state index contributed by atoms with van der Waals surface area (Å²) < 4.78 is 1.82. The summed E-state index contributed by atoms with van der Waals surface area (Å²) in [7, 11) is 0. The lowest BCUT2D eigenvalue weighted by molar-refractivity contribution is 0.0935. The molecule has 0 saturated carbocycles. The quantitative estimate of drug-likeness (QED) is 0.926. The van der Waals surface area contributed by atoms with Crippen LogP contribution >= 0.6 is 0 Å². The summed E-state index contributed by atoms with van der Waals surface area (Å²) in [6.45, 7) is 4.87. The third kappa shape index (κ3) is 3.75. The van der Waals surface area contributed by atoms with E-state index in [1.165, 1.54) is 12.8 Å². The second kappa shape index (κ2) is 7.81. The van der Waals surface area contributed by atoms with Crippen LogP contribution in [0.1, 0.15) is 68.6 Å². The minimum Gasteiger partial charge on any atom is -0.349 e. The first-order chi connectivity index (χ1) is 12.1. The number of aryl methyl sites for hydroxylation is 1. The van der Waals surface area contributed by atoms with Crippen LogP contribution in [0.15, 0.2) is 23.0 Å². The summed E-state index contributed by atoms with van der Waals surface area (Å²) in [6.07, 6.45) is 7.08. The lowest BCUT2D eigenvalue weighted by Crippen LogP contribution is -2.34. The smallest absolute Gasteiger partial charge is 0.261 e. The molecule has 0 bridgehead atoms. The molecule has 5 heteroatoms. The second-order valence-electron chi connectivity index (χ2n) is 6.87. The fourth-order valence-corrected chi connectivity index (χ4v) is 3.50. The fraction of sp³-hybridized carbons (Fsp3) is 0.550. The van der Waals surface area contributed by atoms with Crippen LogP contribution in [0.3, 0.4) is 0 Å². The Morgan fingerprint density at radius 1 is 1.20 bits per heavy atom. The highest BCUT2D eigenvalue weighted by atomic mass is 16.1. The first-order valence-electron chi connectivity index (χ1n) is 9.48. The molecule has 2 heterocycles. The van der Waals surface area contributed by atoms with Gasteiger partial charge in [0.2, 0.25) is 0 Å². The number of nitrogens with one attached hydrogen (secondary N) is 1. The largest absolute Gasteiger partial charge is 0.349 e. The number of aromatic nitrogens is 2. The molecule has 25 heavy (non-hydrogen) atoms. The average Bonchev–Trinajstić information content (AvgIpc) is 2.60. The summed E-state index contributed by atoms with van der Waals surface area (Å²) in [5.41, 5.74) is 1.23. The van der Waals surface area contributed by atoms with Gasteiger partial charge in [-0.3, -0.25) is 14.2 Å². The van der Waals surface area contributed by atoms with Crippen molar-refractivity contribution in [3.05, 3.63) is 39.9 Å². The molecule has 1 aliphatic rings. The van der Waals surface area contributed by atoms with Crippen molar-refractivity contribution in [1.82, 2.24) is 14.9 Å². The Kier molecular flexibility index (Phi) is 5.51. The molecule has 1 amide bonds. The zero-order chi connectivity index (χ0) is 17.8. The zero-order valence-corrected chi connectivity index (χ0v) is 15.2. The molecule has 1 N–H and O–H groups in total. The van der Waals surface area contributed by atoms with E-state index >= 15 is 0 Å². The van der Waals surface area contributed by atoms with E-state index in [0.717, 1.165) is 44.5 Å². The first-order valence-corrected chi connectivity index (χ1v) is 9.48. The van der Waals surface area contributed by atoms with Gasteiger partial charge in [-0.1, -0.05) is 26.7 Å². The second-order valence-corrected chi connectivity index (χ2v) is 6.87. The van der Waals surface area contributed by atoms with Crippen LogP contribution in [0.4, 0.5) is 0 Å². The molecule has 0 atom stereocenters. The SMILES string of the molecule is CCC(CC)NC(=O)c1ccc2c(=O)n3c(nc2c1)CCCCCC3. The van der Waals surface area contributed by atoms with E-state index in [4.69, 9.17) is 4.98 Å². The molecule has 134 valence electrons. The normalized spacial score (nSPS) is 14.8. The maximum Gasteiger partial charge on any atom is 0.261 e. The van der Waals surface area contributed by atoms with Gasteiger partial charge in [0.1, 0.15) is 5.82 Å². The Morgan fingerprint density at radius 3 is 2.72 bits per heavy atom. The fourth-order valence-electron chi connectivity index (χ4n) is 3.50. The molecule has 3 rings (SSSR count). The summed E-state index contributed by atoms with van der Waals surface area (Å²) >= 11 is 0. The van der Waals surface area contributed by atoms with Gasteiger partial charge >= 0.3 is 0 Å². The molecule has 0 radical (unpaired) electrons. The monoisotopic (exact) mass is 341 g/mol. The van der Waals surface area contributed by atoms with E-state index in [9.17, 15) is 9.59 Å². The molecule has 0 saturated heterocycles. The number of rotatable bonds is 4. The predicted octanol–water partition coefficient (Wildman–Crippen LogP) is 3.43. The predicted molar refractivity (Wildman–Crippen MR) is 100 cm³/mol. The topological polar surface area (TPSA) is 64.0 Å². The van der Waals surface area contributed by atoms with Gasteiger partial charge in [-0.2, -0.15) is 0 Å². The van der Waals surface area contributed by atoms with Crippen molar-refractivity contribution < 1.29 is 4.79 Å². The van der Waals surface area contributed by atoms with Gasteiger partial charge in [0, 0.05) is 24.6 Å². The lowest BCUT2D eigenvalue weighted by atomic mass is 10.1. The number of benzene rings is 1. The van der Waals surface area contributed by atoms with Gasteiger partial charge in [0.25, 0.3) is 11.5 Å². The molecule has 0 spiro atoms. The van der Waals surface area contributed by atoms with Crippen LogP contribution in [0.25, 0.3) is 10.9 Å². The summed E-state index contributed by atoms with van der Waals surface area (Å²) in [6, 6.07) is 5.42. The summed E-state index contributed by atoms with van der Waals surface area (Å²) in [5, 5.41) is 3.64. The van der Waals surface area contributed by atoms with E-state index in [0.29, 0.717) is 16.5 Å². The molecule has 0 unspecified atom stereocenters. The van der Waals surface area contributed by atoms with Gasteiger partial charge in [-0.15, -0.1) is 0 Å². The van der Waals surface area contributed by atoms with Crippen LogP contribution in [0, 0.1) is 0 Å². The van der Waals surface area contributed by atoms with Gasteiger partial charge in [-0.05, 0) is 43.9 Å². The maximum absolute atomic E-state index is 12.8. The standard InChI is InChI=1S/C20H27N3O2/c1-3-15(4-2)21-19(24)14-10-11-16-17(13-14)22-18-9-7-5-6-8-12-23(18)20(16)25/h10-11,13,15H,3-9,12H2,1-2H3,(H,21,24).